The highest BCUT2D eigenvalue weighted by molar-refractivity contribution is 7.78. The van der Waals surface area contributed by atoms with Gasteiger partial charge in [-0.15, -0.1) is 6.58 Å². The normalized spacial score (nSPS) is 7.50. The molecule has 0 fully saturated rings. The van der Waals surface area contributed by atoms with Crippen LogP contribution in [0.2, 0.25) is 0 Å². The van der Waals surface area contributed by atoms with E-state index in [1.807, 2.05) is 6.08 Å². The van der Waals surface area contributed by atoms with Gasteiger partial charge in [-0.2, -0.15) is 0 Å². The van der Waals surface area contributed by atoms with Gasteiger partial charge in [0.15, 0.2) is 0 Å². The van der Waals surface area contributed by atoms with Crippen LogP contribution in [-0.2, 0) is 0 Å². The number of unbranched alkanes of at least 4 members (excludes halogenated alkanes) is 1. The van der Waals surface area contributed by atoms with Gasteiger partial charge in [-0.05, 0) is 25.1 Å². The third kappa shape index (κ3) is 5.54. The van der Waals surface area contributed by atoms with Crippen molar-refractivity contribution in [3.63, 3.8) is 0 Å². The second-order valence-corrected chi connectivity index (χ2v) is 1.59. The lowest BCUT2D eigenvalue weighted by atomic mass is 10.3. The van der Waals surface area contributed by atoms with Crippen LogP contribution in [0.5, 0.6) is 0 Å². The quantitative estimate of drug-likeness (QED) is 0.244. The molecule has 1 nitrogen and oxygen atoms in total. The zero-order valence-electron chi connectivity index (χ0n) is 4.76. The second-order valence-electron chi connectivity index (χ2n) is 1.40. The molecule has 0 atom stereocenters. The molecule has 0 aromatic carbocycles. The van der Waals surface area contributed by atoms with Crippen LogP contribution in [0.15, 0.2) is 17.6 Å². The van der Waals surface area contributed by atoms with E-state index >= 15 is 0 Å². The molecular formula is C6H9NS. The minimum atomic E-state index is 0.787. The summed E-state index contributed by atoms with van der Waals surface area (Å²) in [5, 5.41) is 2.30. The molecule has 0 aromatic rings. The molecular weight excluding hydrogens is 118 g/mol. The van der Waals surface area contributed by atoms with E-state index in [0.717, 1.165) is 19.4 Å². The maximum Gasteiger partial charge on any atom is 0.0584 e. The summed E-state index contributed by atoms with van der Waals surface area (Å²) in [7, 11) is 0. The minimum absolute atomic E-state index is 0.787. The summed E-state index contributed by atoms with van der Waals surface area (Å²) in [6.07, 6.45) is 3.92. The van der Waals surface area contributed by atoms with Crippen molar-refractivity contribution in [2.45, 2.75) is 12.8 Å². The Kier molecular flexibility index (Phi) is 6.16. The van der Waals surface area contributed by atoms with Gasteiger partial charge in [0.05, 0.1) is 5.16 Å². The molecule has 0 saturated heterocycles. The lowest BCUT2D eigenvalue weighted by Crippen LogP contribution is -1.75. The maximum atomic E-state index is 4.36. The summed E-state index contributed by atoms with van der Waals surface area (Å²) in [5.74, 6) is 0. The molecule has 8 heavy (non-hydrogen) atoms. The number of hydrogen-bond donors (Lipinski definition) is 0. The largest absolute Gasteiger partial charge is 0.233 e. The van der Waals surface area contributed by atoms with Crippen molar-refractivity contribution in [3.05, 3.63) is 12.7 Å². The summed E-state index contributed by atoms with van der Waals surface area (Å²) < 4.78 is 0. The molecule has 0 rings (SSSR count). The highest BCUT2D eigenvalue weighted by Crippen LogP contribution is 1.87. The van der Waals surface area contributed by atoms with Crippen LogP contribution in [0, 0.1) is 0 Å². The molecule has 0 radical (unpaired) electrons. The fourth-order valence-electron chi connectivity index (χ4n) is 0.360. The van der Waals surface area contributed by atoms with Crippen molar-refractivity contribution in [2.24, 2.45) is 4.99 Å². The lowest BCUT2D eigenvalue weighted by Gasteiger charge is -1.83. The first-order valence-corrected chi connectivity index (χ1v) is 2.97. The van der Waals surface area contributed by atoms with Crippen molar-refractivity contribution < 1.29 is 0 Å². The van der Waals surface area contributed by atoms with Crippen molar-refractivity contribution in [2.75, 3.05) is 6.54 Å². The van der Waals surface area contributed by atoms with E-state index in [2.05, 4.69) is 29.0 Å². The van der Waals surface area contributed by atoms with Crippen LogP contribution in [0.1, 0.15) is 12.8 Å². The number of aliphatic imine (C=N–C) groups is 1. The molecule has 0 N–H and O–H groups in total. The van der Waals surface area contributed by atoms with Crippen LogP contribution < -0.4 is 0 Å². The summed E-state index contributed by atoms with van der Waals surface area (Å²) >= 11 is 4.36. The molecule has 44 valence electrons. The maximum absolute atomic E-state index is 4.36. The van der Waals surface area contributed by atoms with Crippen molar-refractivity contribution in [1.29, 1.82) is 0 Å². The minimum Gasteiger partial charge on any atom is -0.233 e. The highest BCUT2D eigenvalue weighted by atomic mass is 32.1. The standard InChI is InChI=1S/C6H9NS/c1-2-3-4-5-7-6-8/h2H,1,3-5H2. The SMILES string of the molecule is C=CCCCN=C=S. The Morgan fingerprint density at radius 3 is 3.00 bits per heavy atom. The Balaban J connectivity index is 2.93. The van der Waals surface area contributed by atoms with Crippen molar-refractivity contribution in [1.82, 2.24) is 0 Å². The van der Waals surface area contributed by atoms with Gasteiger partial charge in [0.2, 0.25) is 0 Å². The molecule has 2 heteroatoms. The molecule has 0 aliphatic rings. The summed E-state index contributed by atoms with van der Waals surface area (Å²) in [5.41, 5.74) is 0. The van der Waals surface area contributed by atoms with Gasteiger partial charge in [0.25, 0.3) is 0 Å². The Morgan fingerprint density at radius 2 is 2.50 bits per heavy atom. The Bertz CT molecular complexity index is 103. The fourth-order valence-corrected chi connectivity index (χ4v) is 0.452. The van der Waals surface area contributed by atoms with Gasteiger partial charge in [-0.3, -0.25) is 0 Å². The fraction of sp³-hybridized carbons (Fsp3) is 0.500. The number of nitrogens with zero attached hydrogens (tertiary/aromatic N) is 1. The van der Waals surface area contributed by atoms with E-state index in [1.54, 1.807) is 0 Å². The molecule has 0 heterocycles. The Hall–Kier alpha value is -0.460. The predicted octanol–water partition coefficient (Wildman–Crippen LogP) is 2.06. The van der Waals surface area contributed by atoms with E-state index in [4.69, 9.17) is 0 Å². The molecule has 0 bridgehead atoms. The predicted molar refractivity (Wildman–Crippen MR) is 39.3 cm³/mol. The van der Waals surface area contributed by atoms with Crippen LogP contribution in [-0.4, -0.2) is 11.7 Å². The molecule has 0 amide bonds. The van der Waals surface area contributed by atoms with Gasteiger partial charge in [0, 0.05) is 6.54 Å². The first-order chi connectivity index (χ1) is 3.91. The topological polar surface area (TPSA) is 12.4 Å². The molecule has 0 saturated carbocycles. The summed E-state index contributed by atoms with van der Waals surface area (Å²) in [4.78, 5) is 3.73. The monoisotopic (exact) mass is 127 g/mol. The third-order valence-corrected chi connectivity index (χ3v) is 0.872. The Labute approximate surface area is 55.1 Å². The first kappa shape index (κ1) is 7.54. The average Bonchev–Trinajstić information content (AvgIpc) is 1.81. The van der Waals surface area contributed by atoms with Crippen LogP contribution >= 0.6 is 12.2 Å². The molecule has 0 spiro atoms. The van der Waals surface area contributed by atoms with Gasteiger partial charge < -0.3 is 0 Å². The van der Waals surface area contributed by atoms with Crippen LogP contribution in [0.4, 0.5) is 0 Å². The smallest absolute Gasteiger partial charge is 0.0584 e. The van der Waals surface area contributed by atoms with E-state index in [1.165, 1.54) is 0 Å². The second kappa shape index (κ2) is 6.54. The number of hydrogen-bond acceptors (Lipinski definition) is 2. The zero-order valence-corrected chi connectivity index (χ0v) is 5.58. The molecule has 0 aromatic heterocycles. The van der Waals surface area contributed by atoms with Crippen molar-refractivity contribution in [3.8, 4) is 0 Å². The zero-order chi connectivity index (χ0) is 6.24. The van der Waals surface area contributed by atoms with Gasteiger partial charge in [0.1, 0.15) is 0 Å². The number of allylic oxidation sites excluding steroid dienone is 1. The van der Waals surface area contributed by atoms with E-state index in [-0.39, 0.29) is 0 Å². The van der Waals surface area contributed by atoms with E-state index in [9.17, 15) is 0 Å². The number of isothiocyanates is 1. The third-order valence-electron chi connectivity index (χ3n) is 0.743. The van der Waals surface area contributed by atoms with Crippen LogP contribution in [0.25, 0.3) is 0 Å². The van der Waals surface area contributed by atoms with Crippen molar-refractivity contribution >= 4 is 17.4 Å². The Morgan fingerprint density at radius 1 is 1.75 bits per heavy atom. The average molecular weight is 127 g/mol. The summed E-state index contributed by atoms with van der Waals surface area (Å²) in [6, 6.07) is 0. The lowest BCUT2D eigenvalue weighted by molar-refractivity contribution is 0.862. The van der Waals surface area contributed by atoms with Gasteiger partial charge >= 0.3 is 0 Å². The number of rotatable bonds is 4. The molecule has 0 aliphatic carbocycles. The van der Waals surface area contributed by atoms with Gasteiger partial charge in [-0.1, -0.05) is 6.08 Å². The van der Waals surface area contributed by atoms with Gasteiger partial charge in [-0.25, -0.2) is 4.99 Å². The molecule has 0 aliphatic heterocycles. The number of thiocarbonyl (C=S) groups is 1. The van der Waals surface area contributed by atoms with E-state index < -0.39 is 0 Å². The van der Waals surface area contributed by atoms with Crippen LogP contribution in [0.3, 0.4) is 0 Å². The highest BCUT2D eigenvalue weighted by Gasteiger charge is 1.76. The summed E-state index contributed by atoms with van der Waals surface area (Å²) in [6.45, 7) is 4.36. The van der Waals surface area contributed by atoms with E-state index in [0.29, 0.717) is 0 Å². The molecule has 0 unspecified atom stereocenters. The first-order valence-electron chi connectivity index (χ1n) is 2.56.